The van der Waals surface area contributed by atoms with Crippen LogP contribution >= 0.6 is 0 Å². The molecule has 1 aliphatic heterocycles. The first-order valence-electron chi connectivity index (χ1n) is 9.60. The molecule has 3 rings (SSSR count). The first-order chi connectivity index (χ1) is 13.7. The zero-order chi connectivity index (χ0) is 19.8. The van der Waals surface area contributed by atoms with Crippen LogP contribution in [0.1, 0.15) is 29.5 Å². The molecule has 2 N–H and O–H groups in total. The van der Waals surface area contributed by atoms with Gasteiger partial charge in [0, 0.05) is 44.8 Å². The van der Waals surface area contributed by atoms with Gasteiger partial charge in [0.05, 0.1) is 11.6 Å². The molecular weight excluding hydrogens is 353 g/mol. The molecule has 2 aromatic carbocycles. The Morgan fingerprint density at radius 3 is 2.64 bits per heavy atom. The maximum atomic E-state index is 13.9. The number of nitrogens with zero attached hydrogens (tertiary/aromatic N) is 3. The van der Waals surface area contributed by atoms with Crippen molar-refractivity contribution in [2.45, 2.75) is 32.0 Å². The highest BCUT2D eigenvalue weighted by Crippen LogP contribution is 2.14. The minimum atomic E-state index is -0.323. The number of aliphatic imine (C=N–C) groups is 1. The maximum Gasteiger partial charge on any atom is 0.191 e. The standard InChI is InChI=1S/C22H26FN5/c1-25-22(26-15-19-13-18(14-24)7-8-21(19)23)27-20-9-11-28(12-10-20)16-17-5-3-2-4-6-17/h2-8,13,20H,9-12,15-16H2,1H3,(H2,25,26,27). The van der Waals surface area contributed by atoms with Crippen molar-refractivity contribution in [1.29, 1.82) is 5.26 Å². The van der Waals surface area contributed by atoms with Crippen LogP contribution in [-0.2, 0) is 13.1 Å². The third-order valence-electron chi connectivity index (χ3n) is 5.02. The summed E-state index contributed by atoms with van der Waals surface area (Å²) in [5, 5.41) is 15.6. The van der Waals surface area contributed by atoms with E-state index in [9.17, 15) is 4.39 Å². The third kappa shape index (κ3) is 5.54. The topological polar surface area (TPSA) is 63.5 Å². The number of rotatable bonds is 5. The van der Waals surface area contributed by atoms with Crippen LogP contribution in [0.25, 0.3) is 0 Å². The SMILES string of the molecule is CN=C(NCc1cc(C#N)ccc1F)NC1CCN(Cc2ccccc2)CC1. The Morgan fingerprint density at radius 2 is 1.96 bits per heavy atom. The average Bonchev–Trinajstić information content (AvgIpc) is 2.74. The number of piperidine rings is 1. The second kappa shape index (κ2) is 9.86. The number of nitrogens with one attached hydrogen (secondary N) is 2. The van der Waals surface area contributed by atoms with E-state index >= 15 is 0 Å². The number of guanidine groups is 1. The van der Waals surface area contributed by atoms with Crippen LogP contribution in [0.15, 0.2) is 53.5 Å². The highest BCUT2D eigenvalue weighted by Gasteiger charge is 2.20. The zero-order valence-electron chi connectivity index (χ0n) is 16.2. The molecule has 0 atom stereocenters. The van der Waals surface area contributed by atoms with Gasteiger partial charge in [-0.15, -0.1) is 0 Å². The summed E-state index contributed by atoms with van der Waals surface area (Å²) in [6.07, 6.45) is 2.07. The molecule has 1 heterocycles. The Bertz CT molecular complexity index is 836. The van der Waals surface area contributed by atoms with Gasteiger partial charge in [0.2, 0.25) is 0 Å². The first kappa shape index (κ1) is 19.8. The molecular formula is C22H26FN5. The summed E-state index contributed by atoms with van der Waals surface area (Å²) in [5.74, 6) is 0.333. The fourth-order valence-electron chi connectivity index (χ4n) is 3.42. The van der Waals surface area contributed by atoms with Crippen LogP contribution in [0.2, 0.25) is 0 Å². The fourth-order valence-corrected chi connectivity index (χ4v) is 3.42. The van der Waals surface area contributed by atoms with E-state index in [0.717, 1.165) is 32.5 Å². The Balaban J connectivity index is 1.46. The van der Waals surface area contributed by atoms with Crippen LogP contribution in [0.4, 0.5) is 4.39 Å². The molecule has 0 unspecified atom stereocenters. The Labute approximate surface area is 165 Å². The molecule has 1 fully saturated rings. The lowest BCUT2D eigenvalue weighted by Crippen LogP contribution is -2.48. The van der Waals surface area contributed by atoms with E-state index in [4.69, 9.17) is 5.26 Å². The van der Waals surface area contributed by atoms with Gasteiger partial charge in [-0.1, -0.05) is 30.3 Å². The normalized spacial score (nSPS) is 15.8. The highest BCUT2D eigenvalue weighted by molar-refractivity contribution is 5.80. The summed E-state index contributed by atoms with van der Waals surface area (Å²) in [7, 11) is 1.71. The number of likely N-dealkylation sites (tertiary alicyclic amines) is 1. The molecule has 1 saturated heterocycles. The number of hydrogen-bond acceptors (Lipinski definition) is 3. The predicted octanol–water partition coefficient (Wildman–Crippen LogP) is 3.03. The van der Waals surface area contributed by atoms with E-state index in [1.54, 1.807) is 13.1 Å². The van der Waals surface area contributed by atoms with Gasteiger partial charge in [0.1, 0.15) is 5.82 Å². The second-order valence-electron chi connectivity index (χ2n) is 7.02. The summed E-state index contributed by atoms with van der Waals surface area (Å²) >= 11 is 0. The monoisotopic (exact) mass is 379 g/mol. The molecule has 0 bridgehead atoms. The van der Waals surface area contributed by atoms with E-state index in [0.29, 0.717) is 23.1 Å². The van der Waals surface area contributed by atoms with Crippen LogP contribution in [0.3, 0.4) is 0 Å². The summed E-state index contributed by atoms with van der Waals surface area (Å²) in [4.78, 5) is 6.71. The molecule has 0 amide bonds. The predicted molar refractivity (Wildman–Crippen MR) is 109 cm³/mol. The van der Waals surface area contributed by atoms with Crippen LogP contribution < -0.4 is 10.6 Å². The van der Waals surface area contributed by atoms with E-state index in [2.05, 4.69) is 44.8 Å². The summed E-state index contributed by atoms with van der Waals surface area (Å²) in [6, 6.07) is 17.3. The largest absolute Gasteiger partial charge is 0.354 e. The average molecular weight is 379 g/mol. The van der Waals surface area contributed by atoms with Crippen molar-refractivity contribution in [1.82, 2.24) is 15.5 Å². The van der Waals surface area contributed by atoms with E-state index < -0.39 is 0 Å². The van der Waals surface area contributed by atoms with Crippen molar-refractivity contribution in [3.8, 4) is 6.07 Å². The Morgan fingerprint density at radius 1 is 1.21 bits per heavy atom. The van der Waals surface area contributed by atoms with Gasteiger partial charge < -0.3 is 10.6 Å². The van der Waals surface area contributed by atoms with Crippen molar-refractivity contribution in [2.24, 2.45) is 4.99 Å². The van der Waals surface area contributed by atoms with Crippen LogP contribution in [0, 0.1) is 17.1 Å². The number of nitriles is 1. The molecule has 28 heavy (non-hydrogen) atoms. The maximum absolute atomic E-state index is 13.9. The highest BCUT2D eigenvalue weighted by atomic mass is 19.1. The Hall–Kier alpha value is -2.91. The second-order valence-corrected chi connectivity index (χ2v) is 7.02. The minimum Gasteiger partial charge on any atom is -0.354 e. The van der Waals surface area contributed by atoms with Crippen LogP contribution in [0.5, 0.6) is 0 Å². The third-order valence-corrected chi connectivity index (χ3v) is 5.02. The lowest BCUT2D eigenvalue weighted by atomic mass is 10.0. The lowest BCUT2D eigenvalue weighted by molar-refractivity contribution is 0.198. The minimum absolute atomic E-state index is 0.286. The molecule has 0 aromatic heterocycles. The quantitative estimate of drug-likeness (QED) is 0.619. The van der Waals surface area contributed by atoms with Crippen molar-refractivity contribution < 1.29 is 4.39 Å². The summed E-state index contributed by atoms with van der Waals surface area (Å²) in [6.45, 7) is 3.33. The van der Waals surface area contributed by atoms with Gasteiger partial charge in [-0.05, 0) is 36.6 Å². The molecule has 0 aliphatic carbocycles. The van der Waals surface area contributed by atoms with Gasteiger partial charge in [-0.3, -0.25) is 9.89 Å². The van der Waals surface area contributed by atoms with Gasteiger partial charge in [0.15, 0.2) is 5.96 Å². The smallest absolute Gasteiger partial charge is 0.191 e. The molecule has 1 aliphatic rings. The van der Waals surface area contributed by atoms with Gasteiger partial charge in [-0.2, -0.15) is 5.26 Å². The fraction of sp³-hybridized carbons (Fsp3) is 0.364. The molecule has 5 nitrogen and oxygen atoms in total. The number of benzene rings is 2. The molecule has 0 saturated carbocycles. The first-order valence-corrected chi connectivity index (χ1v) is 9.60. The van der Waals surface area contributed by atoms with Crippen molar-refractivity contribution in [3.05, 3.63) is 71.0 Å². The summed E-state index contributed by atoms with van der Waals surface area (Å²) in [5.41, 5.74) is 2.25. The molecule has 146 valence electrons. The summed E-state index contributed by atoms with van der Waals surface area (Å²) < 4.78 is 13.9. The van der Waals surface area contributed by atoms with Gasteiger partial charge in [0.25, 0.3) is 0 Å². The van der Waals surface area contributed by atoms with Crippen molar-refractivity contribution in [2.75, 3.05) is 20.1 Å². The number of hydrogen-bond donors (Lipinski definition) is 2. The van der Waals surface area contributed by atoms with E-state index in [1.165, 1.54) is 17.7 Å². The van der Waals surface area contributed by atoms with Crippen LogP contribution in [-0.4, -0.2) is 37.0 Å². The van der Waals surface area contributed by atoms with Gasteiger partial charge in [-0.25, -0.2) is 4.39 Å². The zero-order valence-corrected chi connectivity index (χ0v) is 16.2. The molecule has 6 heteroatoms. The molecule has 0 spiro atoms. The Kier molecular flexibility index (Phi) is 6.99. The molecule has 0 radical (unpaired) electrons. The molecule has 2 aromatic rings. The van der Waals surface area contributed by atoms with Gasteiger partial charge >= 0.3 is 0 Å². The number of halogens is 1. The van der Waals surface area contributed by atoms with Crippen molar-refractivity contribution >= 4 is 5.96 Å². The lowest BCUT2D eigenvalue weighted by Gasteiger charge is -2.33. The van der Waals surface area contributed by atoms with E-state index in [-0.39, 0.29) is 12.4 Å². The van der Waals surface area contributed by atoms with E-state index in [1.807, 2.05) is 12.1 Å². The van der Waals surface area contributed by atoms with Crippen molar-refractivity contribution in [3.63, 3.8) is 0 Å².